The number of carbonyl (C=O) groups excluding carboxylic acids is 1. The van der Waals surface area contributed by atoms with E-state index in [2.05, 4.69) is 22.1 Å². The van der Waals surface area contributed by atoms with Crippen LogP contribution in [0.4, 0.5) is 0 Å². The third-order valence-electron chi connectivity index (χ3n) is 5.50. The van der Waals surface area contributed by atoms with Crippen LogP contribution in [0.25, 0.3) is 0 Å². The minimum atomic E-state index is -3.13. The van der Waals surface area contributed by atoms with Gasteiger partial charge in [-0.15, -0.1) is 0 Å². The minimum Gasteiger partial charge on any atom is -0.334 e. The Morgan fingerprint density at radius 3 is 2.59 bits per heavy atom. The Morgan fingerprint density at radius 2 is 1.85 bits per heavy atom. The number of amides is 1. The van der Waals surface area contributed by atoms with Crippen LogP contribution in [-0.2, 0) is 27.6 Å². The summed E-state index contributed by atoms with van der Waals surface area (Å²) < 4.78 is 26.2. The summed E-state index contributed by atoms with van der Waals surface area (Å²) in [4.78, 5) is 16.8. The average molecular weight is 388 g/mol. The molecule has 0 spiro atoms. The first kappa shape index (κ1) is 18.2. The number of nitrogens with zero attached hydrogens (tertiary/aromatic N) is 4. The van der Waals surface area contributed by atoms with E-state index in [-0.39, 0.29) is 36.0 Å². The summed E-state index contributed by atoms with van der Waals surface area (Å²) in [6, 6.07) is 11.6. The van der Waals surface area contributed by atoms with E-state index >= 15 is 0 Å². The molecular formula is C19H24N4O3S. The van der Waals surface area contributed by atoms with Crippen molar-refractivity contribution >= 4 is 15.7 Å². The molecule has 27 heavy (non-hydrogen) atoms. The quantitative estimate of drug-likeness (QED) is 0.743. The van der Waals surface area contributed by atoms with Crippen LogP contribution >= 0.6 is 0 Å². The zero-order valence-corrected chi connectivity index (χ0v) is 16.0. The van der Waals surface area contributed by atoms with E-state index in [1.54, 1.807) is 28.0 Å². The second kappa shape index (κ2) is 7.44. The lowest BCUT2D eigenvalue weighted by atomic mass is 10.0. The SMILES string of the molecule is O=C(Cn1cccn1)N1CCN(CCc2ccccc2)[C@@H]2CS(=O)(=O)C[C@@H]21. The van der Waals surface area contributed by atoms with Gasteiger partial charge in [0.25, 0.3) is 0 Å². The Balaban J connectivity index is 1.46. The van der Waals surface area contributed by atoms with Crippen LogP contribution in [0.5, 0.6) is 0 Å². The molecule has 144 valence electrons. The predicted molar refractivity (Wildman–Crippen MR) is 102 cm³/mol. The van der Waals surface area contributed by atoms with Crippen molar-refractivity contribution in [3.8, 4) is 0 Å². The number of hydrogen-bond donors (Lipinski definition) is 0. The molecule has 0 aliphatic carbocycles. The van der Waals surface area contributed by atoms with Gasteiger partial charge in [-0.3, -0.25) is 14.4 Å². The average Bonchev–Trinajstić information content (AvgIpc) is 3.26. The summed E-state index contributed by atoms with van der Waals surface area (Å²) in [6.07, 6.45) is 4.26. The van der Waals surface area contributed by atoms with Gasteiger partial charge < -0.3 is 4.90 Å². The number of aromatic nitrogens is 2. The van der Waals surface area contributed by atoms with Gasteiger partial charge in [0.05, 0.1) is 17.5 Å². The standard InChI is InChI=1S/C19H24N4O3S/c24-19(13-22-9-4-8-20-22)23-12-11-21(10-7-16-5-2-1-3-6-16)17-14-27(25,26)15-18(17)23/h1-6,8-9,17-18H,7,10-15H2/t17-,18+/m1/s1. The topological polar surface area (TPSA) is 75.5 Å². The number of sulfone groups is 1. The highest BCUT2D eigenvalue weighted by molar-refractivity contribution is 7.91. The van der Waals surface area contributed by atoms with Crippen molar-refractivity contribution in [3.05, 3.63) is 54.4 Å². The summed E-state index contributed by atoms with van der Waals surface area (Å²) in [5.74, 6) is 0.135. The van der Waals surface area contributed by atoms with Crippen LogP contribution in [-0.4, -0.2) is 77.1 Å². The van der Waals surface area contributed by atoms with Gasteiger partial charge in [-0.2, -0.15) is 5.10 Å². The minimum absolute atomic E-state index is 0.0599. The van der Waals surface area contributed by atoms with Crippen LogP contribution < -0.4 is 0 Å². The fourth-order valence-corrected chi connectivity index (χ4v) is 6.16. The molecule has 1 amide bonds. The lowest BCUT2D eigenvalue weighted by molar-refractivity contribution is -0.137. The maximum atomic E-state index is 12.8. The number of rotatable bonds is 5. The van der Waals surface area contributed by atoms with E-state index in [1.165, 1.54) is 5.56 Å². The Bertz CT molecular complexity index is 883. The van der Waals surface area contributed by atoms with Crippen molar-refractivity contribution in [3.63, 3.8) is 0 Å². The van der Waals surface area contributed by atoms with Gasteiger partial charge in [0.2, 0.25) is 5.91 Å². The molecule has 2 aliphatic rings. The van der Waals surface area contributed by atoms with E-state index in [4.69, 9.17) is 0 Å². The number of benzene rings is 1. The molecule has 2 aromatic rings. The van der Waals surface area contributed by atoms with Crippen LogP contribution in [0.3, 0.4) is 0 Å². The number of piperazine rings is 1. The summed E-state index contributed by atoms with van der Waals surface area (Å²) in [5.41, 5.74) is 1.24. The molecule has 0 bridgehead atoms. The first-order valence-corrected chi connectivity index (χ1v) is 11.1. The van der Waals surface area contributed by atoms with E-state index in [9.17, 15) is 13.2 Å². The zero-order valence-electron chi connectivity index (χ0n) is 15.1. The molecule has 1 aromatic heterocycles. The highest BCUT2D eigenvalue weighted by Crippen LogP contribution is 2.27. The van der Waals surface area contributed by atoms with Gasteiger partial charge in [0, 0.05) is 38.1 Å². The highest BCUT2D eigenvalue weighted by atomic mass is 32.2. The van der Waals surface area contributed by atoms with Crippen LogP contribution in [0, 0.1) is 0 Å². The smallest absolute Gasteiger partial charge is 0.244 e. The first-order chi connectivity index (χ1) is 13.0. The van der Waals surface area contributed by atoms with E-state index in [0.29, 0.717) is 13.1 Å². The molecule has 2 saturated heterocycles. The predicted octanol–water partition coefficient (Wildman–Crippen LogP) is 0.436. The molecular weight excluding hydrogens is 364 g/mol. The van der Waals surface area contributed by atoms with Crippen LogP contribution in [0.2, 0.25) is 0 Å². The molecule has 2 atom stereocenters. The Kier molecular flexibility index (Phi) is 5.01. The number of carbonyl (C=O) groups is 1. The van der Waals surface area contributed by atoms with Crippen LogP contribution in [0.15, 0.2) is 48.8 Å². The molecule has 4 rings (SSSR count). The Morgan fingerprint density at radius 1 is 1.07 bits per heavy atom. The fourth-order valence-electron chi connectivity index (χ4n) is 4.15. The lowest BCUT2D eigenvalue weighted by Crippen LogP contribution is -2.61. The van der Waals surface area contributed by atoms with E-state index in [1.807, 2.05) is 18.2 Å². The summed E-state index contributed by atoms with van der Waals surface area (Å²) >= 11 is 0. The maximum absolute atomic E-state index is 12.8. The molecule has 7 nitrogen and oxygen atoms in total. The molecule has 0 saturated carbocycles. The van der Waals surface area contributed by atoms with Crippen molar-refractivity contribution in [1.82, 2.24) is 19.6 Å². The molecule has 0 unspecified atom stereocenters. The molecule has 8 heteroatoms. The largest absolute Gasteiger partial charge is 0.334 e. The Hall–Kier alpha value is -2.19. The van der Waals surface area contributed by atoms with Gasteiger partial charge in [0.15, 0.2) is 9.84 Å². The lowest BCUT2D eigenvalue weighted by Gasteiger charge is -2.44. The molecule has 0 N–H and O–H groups in total. The van der Waals surface area contributed by atoms with Gasteiger partial charge >= 0.3 is 0 Å². The Labute approximate surface area is 159 Å². The molecule has 3 heterocycles. The van der Waals surface area contributed by atoms with Crippen LogP contribution in [0.1, 0.15) is 5.56 Å². The molecule has 0 radical (unpaired) electrons. The van der Waals surface area contributed by atoms with Crippen molar-refractivity contribution in [2.24, 2.45) is 0 Å². The van der Waals surface area contributed by atoms with Crippen molar-refractivity contribution in [2.45, 2.75) is 25.0 Å². The molecule has 2 aliphatic heterocycles. The van der Waals surface area contributed by atoms with Crippen molar-refractivity contribution in [2.75, 3.05) is 31.1 Å². The second-order valence-electron chi connectivity index (χ2n) is 7.27. The number of hydrogen-bond acceptors (Lipinski definition) is 5. The summed E-state index contributed by atoms with van der Waals surface area (Å²) in [6.45, 7) is 2.22. The van der Waals surface area contributed by atoms with Gasteiger partial charge in [-0.05, 0) is 18.1 Å². The molecule has 1 aromatic carbocycles. The van der Waals surface area contributed by atoms with Gasteiger partial charge in [0.1, 0.15) is 6.54 Å². The second-order valence-corrected chi connectivity index (χ2v) is 9.43. The van der Waals surface area contributed by atoms with Gasteiger partial charge in [-0.1, -0.05) is 30.3 Å². The highest BCUT2D eigenvalue weighted by Gasteiger charge is 2.47. The first-order valence-electron chi connectivity index (χ1n) is 9.27. The fraction of sp³-hybridized carbons (Fsp3) is 0.474. The number of fused-ring (bicyclic) bond motifs is 1. The monoisotopic (exact) mass is 388 g/mol. The normalized spacial score (nSPS) is 24.7. The summed E-state index contributed by atoms with van der Waals surface area (Å²) in [7, 11) is -3.13. The van der Waals surface area contributed by atoms with E-state index in [0.717, 1.165) is 13.0 Å². The maximum Gasteiger partial charge on any atom is 0.244 e. The molecule has 2 fully saturated rings. The summed E-state index contributed by atoms with van der Waals surface area (Å²) in [5, 5.41) is 4.08. The third-order valence-corrected chi connectivity index (χ3v) is 7.20. The zero-order chi connectivity index (χ0) is 18.9. The van der Waals surface area contributed by atoms with Crippen molar-refractivity contribution in [1.29, 1.82) is 0 Å². The third kappa shape index (κ3) is 4.06. The van der Waals surface area contributed by atoms with E-state index < -0.39 is 9.84 Å². The van der Waals surface area contributed by atoms with Crippen molar-refractivity contribution < 1.29 is 13.2 Å². The van der Waals surface area contributed by atoms with Gasteiger partial charge in [-0.25, -0.2) is 8.42 Å².